The maximum atomic E-state index is 5.60. The monoisotopic (exact) mass is 170 g/mol. The minimum Gasteiger partial charge on any atom is -0.330 e. The molecule has 72 valence electrons. The summed E-state index contributed by atoms with van der Waals surface area (Å²) in [6.45, 7) is 8.05. The van der Waals surface area contributed by atoms with Gasteiger partial charge in [0.25, 0.3) is 0 Å². The molecule has 0 spiro atoms. The Balaban J connectivity index is 2.33. The summed E-state index contributed by atoms with van der Waals surface area (Å²) in [6, 6.07) is 0. The van der Waals surface area contributed by atoms with Crippen LogP contribution in [0, 0.1) is 17.8 Å². The highest BCUT2D eigenvalue weighted by Crippen LogP contribution is 2.30. The zero-order chi connectivity index (χ0) is 9.14. The van der Waals surface area contributed by atoms with Crippen molar-refractivity contribution in [2.75, 3.05) is 26.7 Å². The van der Waals surface area contributed by atoms with Gasteiger partial charge in [-0.3, -0.25) is 0 Å². The van der Waals surface area contributed by atoms with Crippen LogP contribution < -0.4 is 5.73 Å². The molecular weight excluding hydrogens is 148 g/mol. The zero-order valence-corrected chi connectivity index (χ0v) is 8.59. The summed E-state index contributed by atoms with van der Waals surface area (Å²) >= 11 is 0. The Labute approximate surface area is 76.1 Å². The highest BCUT2D eigenvalue weighted by Gasteiger charge is 2.31. The quantitative estimate of drug-likeness (QED) is 0.686. The van der Waals surface area contributed by atoms with Gasteiger partial charge in [0.05, 0.1) is 0 Å². The van der Waals surface area contributed by atoms with E-state index in [0.717, 1.165) is 24.3 Å². The van der Waals surface area contributed by atoms with Crippen LogP contribution in [0.3, 0.4) is 0 Å². The molecule has 0 bridgehead atoms. The molecule has 1 unspecified atom stereocenters. The Hall–Kier alpha value is -0.0800. The molecule has 2 N–H and O–H groups in total. The molecule has 1 aliphatic heterocycles. The molecule has 1 fully saturated rings. The average Bonchev–Trinajstić information content (AvgIpc) is 1.94. The van der Waals surface area contributed by atoms with Crippen LogP contribution in [0.2, 0.25) is 0 Å². The van der Waals surface area contributed by atoms with E-state index in [2.05, 4.69) is 25.8 Å². The van der Waals surface area contributed by atoms with E-state index in [4.69, 9.17) is 5.73 Å². The fourth-order valence-electron chi connectivity index (χ4n) is 2.32. The molecule has 1 atom stereocenters. The molecule has 2 nitrogen and oxygen atoms in total. The molecule has 0 radical (unpaired) electrons. The third-order valence-electron chi connectivity index (χ3n) is 3.05. The fourth-order valence-corrected chi connectivity index (χ4v) is 2.32. The minimum absolute atomic E-state index is 0.798. The molecule has 0 aromatic rings. The second-order valence-corrected chi connectivity index (χ2v) is 4.47. The normalized spacial score (nSPS) is 22.8. The summed E-state index contributed by atoms with van der Waals surface area (Å²) in [5.74, 6) is 2.57. The molecule has 1 rings (SSSR count). The van der Waals surface area contributed by atoms with Gasteiger partial charge in [0, 0.05) is 13.1 Å². The van der Waals surface area contributed by atoms with Crippen LogP contribution >= 0.6 is 0 Å². The predicted octanol–water partition coefficient (Wildman–Crippen LogP) is 1.17. The van der Waals surface area contributed by atoms with Crippen LogP contribution in [-0.4, -0.2) is 31.6 Å². The molecule has 1 aliphatic rings. The van der Waals surface area contributed by atoms with Gasteiger partial charge in [0.1, 0.15) is 0 Å². The van der Waals surface area contributed by atoms with E-state index in [1.54, 1.807) is 0 Å². The summed E-state index contributed by atoms with van der Waals surface area (Å²) in [5.41, 5.74) is 5.60. The van der Waals surface area contributed by atoms with Gasteiger partial charge in [-0.25, -0.2) is 0 Å². The summed E-state index contributed by atoms with van der Waals surface area (Å²) in [4.78, 5) is 2.39. The van der Waals surface area contributed by atoms with Crippen molar-refractivity contribution in [1.29, 1.82) is 0 Å². The van der Waals surface area contributed by atoms with Crippen molar-refractivity contribution in [3.05, 3.63) is 0 Å². The van der Waals surface area contributed by atoms with E-state index in [1.807, 2.05) is 0 Å². The van der Waals surface area contributed by atoms with E-state index in [0.29, 0.717) is 0 Å². The second-order valence-electron chi connectivity index (χ2n) is 4.47. The number of nitrogens with zero attached hydrogens (tertiary/aromatic N) is 1. The van der Waals surface area contributed by atoms with Crippen molar-refractivity contribution >= 4 is 0 Å². The lowest BCUT2D eigenvalue weighted by molar-refractivity contribution is 0.0587. The maximum Gasteiger partial charge on any atom is 0.00217 e. The molecule has 1 saturated heterocycles. The Morgan fingerprint density at radius 3 is 2.33 bits per heavy atom. The lowest BCUT2D eigenvalue weighted by Gasteiger charge is -2.43. The van der Waals surface area contributed by atoms with Gasteiger partial charge in [-0.2, -0.15) is 0 Å². The van der Waals surface area contributed by atoms with Gasteiger partial charge in [0.2, 0.25) is 0 Å². The topological polar surface area (TPSA) is 29.3 Å². The Morgan fingerprint density at radius 1 is 1.42 bits per heavy atom. The van der Waals surface area contributed by atoms with Gasteiger partial charge in [-0.1, -0.05) is 13.8 Å². The van der Waals surface area contributed by atoms with E-state index < -0.39 is 0 Å². The number of rotatable bonds is 4. The molecule has 0 saturated carbocycles. The molecule has 2 heteroatoms. The van der Waals surface area contributed by atoms with E-state index in [1.165, 1.54) is 19.5 Å². The predicted molar refractivity (Wildman–Crippen MR) is 53.0 cm³/mol. The first-order valence-corrected chi connectivity index (χ1v) is 5.03. The van der Waals surface area contributed by atoms with E-state index >= 15 is 0 Å². The first-order valence-electron chi connectivity index (χ1n) is 5.03. The third kappa shape index (κ3) is 2.20. The fraction of sp³-hybridized carbons (Fsp3) is 1.00. The molecule has 0 aliphatic carbocycles. The largest absolute Gasteiger partial charge is 0.330 e. The molecular formula is C10H22N2. The highest BCUT2D eigenvalue weighted by molar-refractivity contribution is 4.84. The average molecular weight is 170 g/mol. The number of likely N-dealkylation sites (tertiary alicyclic amines) is 1. The van der Waals surface area contributed by atoms with Crippen LogP contribution in [0.15, 0.2) is 0 Å². The smallest absolute Gasteiger partial charge is 0.00217 e. The van der Waals surface area contributed by atoms with Gasteiger partial charge in [0.15, 0.2) is 0 Å². The maximum absolute atomic E-state index is 5.60. The second kappa shape index (κ2) is 4.24. The van der Waals surface area contributed by atoms with Crippen LogP contribution in [0.5, 0.6) is 0 Å². The van der Waals surface area contributed by atoms with Gasteiger partial charge < -0.3 is 10.6 Å². The van der Waals surface area contributed by atoms with Crippen molar-refractivity contribution < 1.29 is 0 Å². The zero-order valence-electron chi connectivity index (χ0n) is 8.59. The lowest BCUT2D eigenvalue weighted by atomic mass is 9.77. The molecule has 1 heterocycles. The van der Waals surface area contributed by atoms with Crippen LogP contribution in [0.25, 0.3) is 0 Å². The summed E-state index contributed by atoms with van der Waals surface area (Å²) in [7, 11) is 2.19. The standard InChI is InChI=1S/C10H22N2/c1-8(2)10(4-5-11)9-6-12(3)7-9/h8-10H,4-7,11H2,1-3H3. The first kappa shape index (κ1) is 10.0. The van der Waals surface area contributed by atoms with E-state index in [9.17, 15) is 0 Å². The Kier molecular flexibility index (Phi) is 3.53. The number of hydrogen-bond donors (Lipinski definition) is 1. The van der Waals surface area contributed by atoms with Gasteiger partial charge in [-0.15, -0.1) is 0 Å². The van der Waals surface area contributed by atoms with Gasteiger partial charge >= 0.3 is 0 Å². The molecule has 0 amide bonds. The van der Waals surface area contributed by atoms with E-state index in [-0.39, 0.29) is 0 Å². The lowest BCUT2D eigenvalue weighted by Crippen LogP contribution is -2.48. The first-order chi connectivity index (χ1) is 5.65. The van der Waals surface area contributed by atoms with Crippen molar-refractivity contribution in [3.8, 4) is 0 Å². The Morgan fingerprint density at radius 2 is 2.00 bits per heavy atom. The Bertz CT molecular complexity index is 128. The minimum atomic E-state index is 0.798. The van der Waals surface area contributed by atoms with Crippen LogP contribution in [0.4, 0.5) is 0 Å². The van der Waals surface area contributed by atoms with Crippen LogP contribution in [-0.2, 0) is 0 Å². The molecule has 0 aromatic heterocycles. The molecule has 0 aromatic carbocycles. The van der Waals surface area contributed by atoms with Crippen molar-refractivity contribution in [3.63, 3.8) is 0 Å². The molecule has 12 heavy (non-hydrogen) atoms. The number of nitrogens with two attached hydrogens (primary N) is 1. The SMILES string of the molecule is CC(C)C(CCN)C1CN(C)C1. The van der Waals surface area contributed by atoms with Crippen molar-refractivity contribution in [1.82, 2.24) is 4.90 Å². The number of hydrogen-bond acceptors (Lipinski definition) is 2. The van der Waals surface area contributed by atoms with Crippen molar-refractivity contribution in [2.24, 2.45) is 23.5 Å². The summed E-state index contributed by atoms with van der Waals surface area (Å²) in [5, 5.41) is 0. The summed E-state index contributed by atoms with van der Waals surface area (Å²) < 4.78 is 0. The van der Waals surface area contributed by atoms with Crippen LogP contribution in [0.1, 0.15) is 20.3 Å². The van der Waals surface area contributed by atoms with Gasteiger partial charge in [-0.05, 0) is 37.8 Å². The van der Waals surface area contributed by atoms with Crippen molar-refractivity contribution in [2.45, 2.75) is 20.3 Å². The highest BCUT2D eigenvalue weighted by atomic mass is 15.2. The third-order valence-corrected chi connectivity index (χ3v) is 3.05. The summed E-state index contributed by atoms with van der Waals surface area (Å²) in [6.07, 6.45) is 1.20.